The Morgan fingerprint density at radius 3 is 2.51 bits per heavy atom. The topological polar surface area (TPSA) is 81.2 Å². The van der Waals surface area contributed by atoms with Crippen LogP contribution in [0.2, 0.25) is 0 Å². The number of aliphatic hydroxyl groups is 1. The molecule has 0 radical (unpaired) electrons. The van der Waals surface area contributed by atoms with Gasteiger partial charge in [0.25, 0.3) is 5.91 Å². The van der Waals surface area contributed by atoms with Crippen LogP contribution < -0.4 is 4.90 Å². The van der Waals surface area contributed by atoms with E-state index < -0.39 is 27.4 Å². The van der Waals surface area contributed by atoms with E-state index in [0.29, 0.717) is 32.5 Å². The largest absolute Gasteiger partial charge is 0.396 e. The molecule has 1 N–H and O–H groups in total. The molecule has 7 nitrogen and oxygen atoms in total. The third-order valence-corrected chi connectivity index (χ3v) is 10.8. The van der Waals surface area contributed by atoms with Crippen LogP contribution in [0, 0.1) is 25.7 Å². The molecule has 3 fully saturated rings. The van der Waals surface area contributed by atoms with Crippen LogP contribution in [0.15, 0.2) is 43.5 Å². The number of hydrogen-bond donors (Lipinski definition) is 1. The smallest absolute Gasteiger partial charge is 0.251 e. The van der Waals surface area contributed by atoms with E-state index in [-0.39, 0.29) is 24.3 Å². The van der Waals surface area contributed by atoms with E-state index in [1.54, 1.807) is 45.7 Å². The molecule has 3 amide bonds. The lowest BCUT2D eigenvalue weighted by Gasteiger charge is -2.38. The maximum Gasteiger partial charge on any atom is 0.251 e. The average Bonchev–Trinajstić information content (AvgIpc) is 3.47. The highest BCUT2D eigenvalue weighted by Crippen LogP contribution is 2.71. The molecule has 1 aromatic carbocycles. The van der Waals surface area contributed by atoms with Crippen LogP contribution in [0.5, 0.6) is 0 Å². The highest BCUT2D eigenvalue weighted by Gasteiger charge is 2.77. The Bertz CT molecular complexity index is 1150. The molecular formula is C31H43N3O4S. The molecular weight excluding hydrogens is 510 g/mol. The monoisotopic (exact) mass is 553 g/mol. The Hall–Kier alpha value is -2.58. The van der Waals surface area contributed by atoms with Crippen molar-refractivity contribution >= 4 is 35.2 Å². The molecule has 8 heteroatoms. The fraction of sp³-hybridized carbons (Fsp3) is 0.581. The lowest BCUT2D eigenvalue weighted by atomic mass is 9.66. The highest BCUT2D eigenvalue weighted by molar-refractivity contribution is 8.02. The summed E-state index contributed by atoms with van der Waals surface area (Å²) in [6.45, 7) is 15.1. The van der Waals surface area contributed by atoms with Crippen molar-refractivity contribution in [2.45, 2.75) is 68.4 Å². The minimum Gasteiger partial charge on any atom is -0.396 e. The number of likely N-dealkylation sites (N-methyl/N-ethyl adjacent to an activating group) is 1. The van der Waals surface area contributed by atoms with Gasteiger partial charge in [-0.25, -0.2) is 0 Å². The number of unbranched alkanes of at least 4 members (excludes halogenated alkanes) is 2. The average molecular weight is 554 g/mol. The van der Waals surface area contributed by atoms with Crippen molar-refractivity contribution < 1.29 is 19.5 Å². The number of thioether (sulfide) groups is 1. The Morgan fingerprint density at radius 2 is 1.85 bits per heavy atom. The minimum absolute atomic E-state index is 0.0457. The predicted octanol–water partition coefficient (Wildman–Crippen LogP) is 4.11. The number of rotatable bonds is 12. The zero-order chi connectivity index (χ0) is 28.5. The lowest BCUT2D eigenvalue weighted by Crippen LogP contribution is -2.55. The van der Waals surface area contributed by atoms with Crippen LogP contribution >= 0.6 is 11.8 Å². The first-order valence-electron chi connectivity index (χ1n) is 14.0. The van der Waals surface area contributed by atoms with E-state index in [1.165, 1.54) is 0 Å². The maximum atomic E-state index is 14.7. The van der Waals surface area contributed by atoms with Crippen LogP contribution in [-0.4, -0.2) is 81.5 Å². The van der Waals surface area contributed by atoms with E-state index in [2.05, 4.69) is 20.1 Å². The molecule has 0 aromatic heterocycles. The molecule has 1 spiro atoms. The third-order valence-electron chi connectivity index (χ3n) is 8.85. The number of amides is 3. The molecule has 3 aliphatic rings. The van der Waals surface area contributed by atoms with E-state index in [0.717, 1.165) is 36.1 Å². The molecule has 3 saturated heterocycles. The number of fused-ring (bicyclic) bond motifs is 1. The first-order chi connectivity index (χ1) is 18.6. The number of hydrogen-bond acceptors (Lipinski definition) is 5. The number of carbonyl (C=O) groups is 3. The molecule has 212 valence electrons. The second kappa shape index (κ2) is 11.5. The summed E-state index contributed by atoms with van der Waals surface area (Å²) in [4.78, 5) is 48.0. The van der Waals surface area contributed by atoms with Crippen molar-refractivity contribution in [2.24, 2.45) is 11.8 Å². The third kappa shape index (κ3) is 4.95. The molecule has 3 aliphatic heterocycles. The Labute approximate surface area is 237 Å². The second-order valence-corrected chi connectivity index (χ2v) is 13.5. The molecule has 2 unspecified atom stereocenters. The lowest BCUT2D eigenvalue weighted by molar-refractivity contribution is -0.144. The summed E-state index contributed by atoms with van der Waals surface area (Å²) in [6, 6.07) is 5.40. The van der Waals surface area contributed by atoms with Gasteiger partial charge in [-0.15, -0.1) is 24.9 Å². The molecule has 3 heterocycles. The molecule has 4 rings (SSSR count). The zero-order valence-electron chi connectivity index (χ0n) is 23.8. The van der Waals surface area contributed by atoms with E-state index >= 15 is 0 Å². The van der Waals surface area contributed by atoms with Crippen molar-refractivity contribution in [2.75, 3.05) is 38.2 Å². The van der Waals surface area contributed by atoms with Gasteiger partial charge in [0, 0.05) is 43.7 Å². The van der Waals surface area contributed by atoms with Crippen molar-refractivity contribution in [1.29, 1.82) is 0 Å². The number of likely N-dealkylation sites (tertiary alicyclic amines) is 1. The summed E-state index contributed by atoms with van der Waals surface area (Å²) in [5.41, 5.74) is 2.86. The van der Waals surface area contributed by atoms with Gasteiger partial charge in [0.05, 0.1) is 16.6 Å². The Morgan fingerprint density at radius 1 is 1.13 bits per heavy atom. The molecule has 39 heavy (non-hydrogen) atoms. The fourth-order valence-corrected chi connectivity index (χ4v) is 9.35. The van der Waals surface area contributed by atoms with E-state index in [1.807, 2.05) is 32.0 Å². The van der Waals surface area contributed by atoms with Gasteiger partial charge in [-0.2, -0.15) is 0 Å². The molecule has 0 aliphatic carbocycles. The number of anilines is 1. The summed E-state index contributed by atoms with van der Waals surface area (Å²) in [7, 11) is 1.76. The van der Waals surface area contributed by atoms with Gasteiger partial charge in [-0.05, 0) is 70.1 Å². The van der Waals surface area contributed by atoms with Crippen LogP contribution in [0.1, 0.15) is 50.2 Å². The van der Waals surface area contributed by atoms with Gasteiger partial charge in [-0.1, -0.05) is 24.3 Å². The Kier molecular flexibility index (Phi) is 8.67. The van der Waals surface area contributed by atoms with Crippen molar-refractivity contribution in [3.05, 3.63) is 54.6 Å². The zero-order valence-corrected chi connectivity index (χ0v) is 24.6. The summed E-state index contributed by atoms with van der Waals surface area (Å²) in [6.07, 6.45) is 7.05. The molecule has 0 saturated carbocycles. The predicted molar refractivity (Wildman–Crippen MR) is 158 cm³/mol. The van der Waals surface area contributed by atoms with Gasteiger partial charge >= 0.3 is 0 Å². The molecule has 2 bridgehead atoms. The van der Waals surface area contributed by atoms with Gasteiger partial charge < -0.3 is 19.8 Å². The first kappa shape index (κ1) is 29.4. The van der Waals surface area contributed by atoms with Crippen molar-refractivity contribution in [3.63, 3.8) is 0 Å². The summed E-state index contributed by atoms with van der Waals surface area (Å²) < 4.78 is -1.07. The van der Waals surface area contributed by atoms with Crippen LogP contribution in [-0.2, 0) is 14.4 Å². The maximum absolute atomic E-state index is 14.7. The molecule has 1 aromatic rings. The van der Waals surface area contributed by atoms with Gasteiger partial charge in [0.2, 0.25) is 11.8 Å². The first-order valence-corrected chi connectivity index (χ1v) is 14.8. The SMILES string of the molecule is C=CCN(C)C(=O)[C@@H]1[C@H]2C(=O)N(CCCCCO)C(C(=O)N(CC=C)c3cc(C)ccc3C)C23CC[C@@]1(C)S3. The highest BCUT2D eigenvalue weighted by atomic mass is 32.2. The number of nitrogens with zero attached hydrogens (tertiary/aromatic N) is 3. The summed E-state index contributed by atoms with van der Waals surface area (Å²) >= 11 is 1.70. The standard InChI is InChI=1S/C31H43N3O4S/c1-7-16-32(6)27(36)24-25-28(37)34(18-10-9-11-19-35)26(31(25)15-14-30(24,5)39-31)29(38)33(17-8-2)23-20-21(3)12-13-22(23)4/h7-8,12-13,20,24-26,35H,1-2,9-11,14-19H2,3-6H3/t24-,25-,26?,30+,31?/m0/s1. The summed E-state index contributed by atoms with van der Waals surface area (Å²) in [5.74, 6) is -1.27. The van der Waals surface area contributed by atoms with E-state index in [4.69, 9.17) is 0 Å². The minimum atomic E-state index is -0.668. The van der Waals surface area contributed by atoms with Gasteiger partial charge in [0.1, 0.15) is 6.04 Å². The Balaban J connectivity index is 1.79. The second-order valence-electron chi connectivity index (χ2n) is 11.6. The number of aryl methyl sites for hydroxylation is 2. The molecule has 5 atom stereocenters. The number of carbonyl (C=O) groups excluding carboxylic acids is 3. The van der Waals surface area contributed by atoms with E-state index in [9.17, 15) is 19.5 Å². The van der Waals surface area contributed by atoms with Crippen molar-refractivity contribution in [3.8, 4) is 0 Å². The van der Waals surface area contributed by atoms with Crippen molar-refractivity contribution in [1.82, 2.24) is 9.80 Å². The quantitative estimate of drug-likeness (QED) is 0.311. The summed E-state index contributed by atoms with van der Waals surface area (Å²) in [5, 5.41) is 9.29. The van der Waals surface area contributed by atoms with Crippen LogP contribution in [0.4, 0.5) is 5.69 Å². The van der Waals surface area contributed by atoms with Gasteiger partial charge in [-0.3, -0.25) is 14.4 Å². The number of aliphatic hydroxyl groups excluding tert-OH is 1. The normalized spacial score (nSPS) is 28.9. The van der Waals surface area contributed by atoms with Crippen LogP contribution in [0.25, 0.3) is 0 Å². The van der Waals surface area contributed by atoms with Crippen LogP contribution in [0.3, 0.4) is 0 Å². The fourth-order valence-electron chi connectivity index (χ4n) is 7.01. The van der Waals surface area contributed by atoms with Gasteiger partial charge in [0.15, 0.2) is 0 Å². The number of benzene rings is 1.